The van der Waals surface area contributed by atoms with Gasteiger partial charge < -0.3 is 5.32 Å². The number of amides is 1. The van der Waals surface area contributed by atoms with Gasteiger partial charge in [-0.1, -0.05) is 0 Å². The van der Waals surface area contributed by atoms with Crippen molar-refractivity contribution >= 4 is 17.2 Å². The van der Waals surface area contributed by atoms with Crippen molar-refractivity contribution in [2.24, 2.45) is 0 Å². The average molecular weight is 265 g/mol. The van der Waals surface area contributed by atoms with E-state index in [1.54, 1.807) is 11.3 Å². The minimum absolute atomic E-state index is 0.106. The molecule has 0 aromatic carbocycles. The monoisotopic (exact) mass is 265 g/mol. The molecule has 0 radical (unpaired) electrons. The third-order valence-corrected chi connectivity index (χ3v) is 4.88. The summed E-state index contributed by atoms with van der Waals surface area (Å²) in [5.74, 6) is 0.239. The summed E-state index contributed by atoms with van der Waals surface area (Å²) in [5.41, 5.74) is 0.106. The van der Waals surface area contributed by atoms with Crippen LogP contribution in [0.25, 0.3) is 0 Å². The van der Waals surface area contributed by atoms with E-state index < -0.39 is 0 Å². The van der Waals surface area contributed by atoms with Crippen molar-refractivity contribution in [2.45, 2.75) is 44.2 Å². The fourth-order valence-electron chi connectivity index (χ4n) is 3.08. The lowest BCUT2D eigenvalue weighted by Gasteiger charge is -2.27. The summed E-state index contributed by atoms with van der Waals surface area (Å²) in [7, 11) is 0. The number of likely N-dealkylation sites (tertiary alicyclic amines) is 1. The molecule has 4 nitrogen and oxygen atoms in total. The molecular formula is C13H19N3OS. The van der Waals surface area contributed by atoms with E-state index in [1.807, 2.05) is 11.6 Å². The van der Waals surface area contributed by atoms with E-state index in [1.165, 1.54) is 11.4 Å². The van der Waals surface area contributed by atoms with Gasteiger partial charge in [-0.15, -0.1) is 11.3 Å². The zero-order valence-electron chi connectivity index (χ0n) is 10.5. The van der Waals surface area contributed by atoms with E-state index in [-0.39, 0.29) is 11.4 Å². The first kappa shape index (κ1) is 12.1. The number of rotatable bonds is 2. The van der Waals surface area contributed by atoms with Crippen LogP contribution in [0.3, 0.4) is 0 Å². The summed E-state index contributed by atoms with van der Waals surface area (Å²) in [6, 6.07) is 0. The normalized spacial score (nSPS) is 29.4. The molecule has 0 aliphatic carbocycles. The van der Waals surface area contributed by atoms with Gasteiger partial charge in [0.1, 0.15) is 5.01 Å². The highest BCUT2D eigenvalue weighted by molar-refractivity contribution is 7.09. The van der Waals surface area contributed by atoms with Crippen molar-refractivity contribution in [3.05, 3.63) is 16.6 Å². The van der Waals surface area contributed by atoms with E-state index in [4.69, 9.17) is 0 Å². The first-order valence-electron chi connectivity index (χ1n) is 6.68. The van der Waals surface area contributed by atoms with Gasteiger partial charge in [0, 0.05) is 30.1 Å². The lowest BCUT2D eigenvalue weighted by Crippen LogP contribution is -2.42. The van der Waals surface area contributed by atoms with Crippen LogP contribution in [0.2, 0.25) is 0 Å². The molecule has 2 aliphatic rings. The zero-order valence-corrected chi connectivity index (χ0v) is 11.3. The molecule has 1 aromatic rings. The maximum atomic E-state index is 11.4. The number of nitrogens with one attached hydrogen (secondary N) is 1. The largest absolute Gasteiger partial charge is 0.351 e. The Morgan fingerprint density at radius 1 is 1.39 bits per heavy atom. The fraction of sp³-hybridized carbons (Fsp3) is 0.692. The van der Waals surface area contributed by atoms with Crippen LogP contribution in [0.1, 0.15) is 37.1 Å². The average Bonchev–Trinajstić information content (AvgIpc) is 2.92. The highest BCUT2D eigenvalue weighted by atomic mass is 32.1. The third-order valence-electron chi connectivity index (χ3n) is 4.11. The molecule has 2 fully saturated rings. The second-order valence-electron chi connectivity index (χ2n) is 5.38. The molecule has 1 atom stereocenters. The molecule has 3 rings (SSSR count). The second-order valence-corrected chi connectivity index (χ2v) is 6.36. The van der Waals surface area contributed by atoms with Gasteiger partial charge in [-0.05, 0) is 32.2 Å². The molecule has 0 bridgehead atoms. The van der Waals surface area contributed by atoms with Gasteiger partial charge in [0.2, 0.25) is 5.91 Å². The number of carbonyl (C=O) groups is 1. The third kappa shape index (κ3) is 2.57. The molecule has 5 heteroatoms. The molecule has 1 amide bonds. The first-order valence-corrected chi connectivity index (χ1v) is 7.56. The Morgan fingerprint density at radius 2 is 2.33 bits per heavy atom. The van der Waals surface area contributed by atoms with Crippen molar-refractivity contribution < 1.29 is 4.79 Å². The quantitative estimate of drug-likeness (QED) is 0.886. The maximum Gasteiger partial charge on any atom is 0.220 e. The Labute approximate surface area is 111 Å². The lowest BCUT2D eigenvalue weighted by atomic mass is 9.89. The number of nitrogens with zero attached hydrogens (tertiary/aromatic N) is 2. The number of aromatic nitrogens is 1. The van der Waals surface area contributed by atoms with Crippen LogP contribution < -0.4 is 5.32 Å². The van der Waals surface area contributed by atoms with Crippen molar-refractivity contribution in [1.29, 1.82) is 0 Å². The Bertz CT molecular complexity index is 420. The van der Waals surface area contributed by atoms with Crippen molar-refractivity contribution in [2.75, 3.05) is 13.1 Å². The number of hydrogen-bond donors (Lipinski definition) is 1. The standard InChI is InChI=1S/C13H19N3OS/c17-11-2-4-13(15-11)3-1-7-16(8-5-13)10-12-14-6-9-18-12/h6,9H,1-5,7-8,10H2,(H,15,17)/t13-/m0/s1. The Morgan fingerprint density at radius 3 is 3.06 bits per heavy atom. The van der Waals surface area contributed by atoms with Crippen LogP contribution in [-0.2, 0) is 11.3 Å². The number of hydrogen-bond acceptors (Lipinski definition) is 4. The topological polar surface area (TPSA) is 45.2 Å². The summed E-state index contributed by atoms with van der Waals surface area (Å²) in [6.45, 7) is 3.15. The highest BCUT2D eigenvalue weighted by Gasteiger charge is 2.38. The predicted octanol–water partition coefficient (Wildman–Crippen LogP) is 1.78. The molecule has 18 heavy (non-hydrogen) atoms. The van der Waals surface area contributed by atoms with Crippen LogP contribution in [-0.4, -0.2) is 34.4 Å². The van der Waals surface area contributed by atoms with Crippen molar-refractivity contribution in [1.82, 2.24) is 15.2 Å². The number of carbonyl (C=O) groups excluding carboxylic acids is 1. The van der Waals surface area contributed by atoms with E-state index in [0.717, 1.165) is 38.9 Å². The number of thiazole rings is 1. The minimum Gasteiger partial charge on any atom is -0.351 e. The van der Waals surface area contributed by atoms with Crippen LogP contribution in [0.4, 0.5) is 0 Å². The lowest BCUT2D eigenvalue weighted by molar-refractivity contribution is -0.119. The van der Waals surface area contributed by atoms with Gasteiger partial charge >= 0.3 is 0 Å². The van der Waals surface area contributed by atoms with Crippen LogP contribution in [0.5, 0.6) is 0 Å². The first-order chi connectivity index (χ1) is 8.76. The van der Waals surface area contributed by atoms with Crippen molar-refractivity contribution in [3.8, 4) is 0 Å². The molecule has 2 saturated heterocycles. The van der Waals surface area contributed by atoms with Crippen LogP contribution in [0.15, 0.2) is 11.6 Å². The zero-order chi connectivity index (χ0) is 12.4. The Hall–Kier alpha value is -0.940. The summed E-state index contributed by atoms with van der Waals surface area (Å²) in [6.07, 6.45) is 7.00. The van der Waals surface area contributed by atoms with Gasteiger partial charge in [0.05, 0.1) is 6.54 Å². The Balaban J connectivity index is 1.60. The smallest absolute Gasteiger partial charge is 0.220 e. The summed E-state index contributed by atoms with van der Waals surface area (Å²) in [5, 5.41) is 6.44. The highest BCUT2D eigenvalue weighted by Crippen LogP contribution is 2.31. The van der Waals surface area contributed by atoms with Crippen LogP contribution >= 0.6 is 11.3 Å². The van der Waals surface area contributed by atoms with Gasteiger partial charge in [-0.25, -0.2) is 4.98 Å². The summed E-state index contributed by atoms with van der Waals surface area (Å²) >= 11 is 1.72. The second kappa shape index (κ2) is 4.97. The predicted molar refractivity (Wildman–Crippen MR) is 71.3 cm³/mol. The van der Waals surface area contributed by atoms with Crippen molar-refractivity contribution in [3.63, 3.8) is 0 Å². The van der Waals surface area contributed by atoms with Gasteiger partial charge in [0.25, 0.3) is 0 Å². The maximum absolute atomic E-state index is 11.4. The SMILES string of the molecule is O=C1CC[C@]2(CCCN(Cc3nccs3)CC2)N1. The molecule has 1 aromatic heterocycles. The Kier molecular flexibility index (Phi) is 3.35. The molecule has 2 aliphatic heterocycles. The molecular weight excluding hydrogens is 246 g/mol. The molecule has 98 valence electrons. The molecule has 0 saturated carbocycles. The van der Waals surface area contributed by atoms with E-state index in [2.05, 4.69) is 15.2 Å². The summed E-state index contributed by atoms with van der Waals surface area (Å²) < 4.78 is 0. The molecule has 1 spiro atoms. The van der Waals surface area contributed by atoms with Crippen LogP contribution in [0, 0.1) is 0 Å². The molecule has 1 N–H and O–H groups in total. The van der Waals surface area contributed by atoms with E-state index >= 15 is 0 Å². The summed E-state index contributed by atoms with van der Waals surface area (Å²) in [4.78, 5) is 18.3. The molecule has 3 heterocycles. The minimum atomic E-state index is 0.106. The van der Waals surface area contributed by atoms with E-state index in [9.17, 15) is 4.79 Å². The fourth-order valence-corrected chi connectivity index (χ4v) is 3.74. The molecule has 0 unspecified atom stereocenters. The van der Waals surface area contributed by atoms with Gasteiger partial charge in [-0.3, -0.25) is 9.69 Å². The van der Waals surface area contributed by atoms with Gasteiger partial charge in [-0.2, -0.15) is 0 Å². The van der Waals surface area contributed by atoms with E-state index in [0.29, 0.717) is 6.42 Å². The van der Waals surface area contributed by atoms with Gasteiger partial charge in [0.15, 0.2) is 0 Å².